The molecule has 0 saturated heterocycles. The molecule has 3 unspecified atom stereocenters. The zero-order valence-electron chi connectivity index (χ0n) is 17.1. The normalized spacial score (nSPS) is 33.2. The Kier molecular flexibility index (Phi) is 6.27. The van der Waals surface area contributed by atoms with Crippen LogP contribution in [0.5, 0.6) is 0 Å². The molecule has 1 N–H and O–H groups in total. The monoisotopic (exact) mass is 532 g/mol. The van der Waals surface area contributed by atoms with E-state index in [0.717, 1.165) is 13.3 Å². The number of carbonyl (C=O) groups excluding carboxylic acids is 1. The predicted octanol–water partition coefficient (Wildman–Crippen LogP) is 3.20. The van der Waals surface area contributed by atoms with Crippen LogP contribution in [0, 0.1) is 11.8 Å². The molecule has 0 aliphatic heterocycles. The minimum Gasteiger partial charge on any atom is -0.431 e. The standard InChI is InChI=1S/C17H22F6O8S2/c1-9(2-12(32(26,27)16(18,19)20)33(28,29)17(21,22)23)30-13(24)31-15-6-10-3-11(7-15)5-14(25,4-10)8-15/h9-12,25H,2-8H2,1H3. The lowest BCUT2D eigenvalue weighted by Gasteiger charge is -2.58. The Morgan fingerprint density at radius 1 is 0.970 bits per heavy atom. The van der Waals surface area contributed by atoms with Gasteiger partial charge in [-0.15, -0.1) is 0 Å². The fourth-order valence-electron chi connectivity index (χ4n) is 5.65. The molecular weight excluding hydrogens is 510 g/mol. The number of hydrogen-bond acceptors (Lipinski definition) is 8. The number of rotatable bonds is 6. The van der Waals surface area contributed by atoms with Gasteiger partial charge in [-0.1, -0.05) is 0 Å². The zero-order valence-corrected chi connectivity index (χ0v) is 18.8. The van der Waals surface area contributed by atoms with Crippen LogP contribution in [-0.2, 0) is 29.1 Å². The van der Waals surface area contributed by atoms with Gasteiger partial charge in [-0.2, -0.15) is 26.3 Å². The predicted molar refractivity (Wildman–Crippen MR) is 97.7 cm³/mol. The minimum absolute atomic E-state index is 0.0692. The molecule has 192 valence electrons. The van der Waals surface area contributed by atoms with Gasteiger partial charge in [-0.05, 0) is 50.9 Å². The summed E-state index contributed by atoms with van der Waals surface area (Å²) in [5, 5.41) is 10.6. The van der Waals surface area contributed by atoms with Crippen molar-refractivity contribution in [2.45, 2.75) is 84.8 Å². The van der Waals surface area contributed by atoms with Crippen molar-refractivity contribution in [2.75, 3.05) is 0 Å². The number of ether oxygens (including phenoxy) is 2. The summed E-state index contributed by atoms with van der Waals surface area (Å²) in [4.78, 5) is 12.2. The number of carbonyl (C=O) groups is 1. The zero-order chi connectivity index (χ0) is 25.3. The van der Waals surface area contributed by atoms with Crippen molar-refractivity contribution in [3.05, 3.63) is 0 Å². The second kappa shape index (κ2) is 7.86. The van der Waals surface area contributed by atoms with E-state index in [1.807, 2.05) is 0 Å². The third kappa shape index (κ3) is 4.92. The van der Waals surface area contributed by atoms with Crippen LogP contribution in [0.25, 0.3) is 0 Å². The molecule has 0 spiro atoms. The quantitative estimate of drug-likeness (QED) is 0.409. The number of sulfone groups is 2. The van der Waals surface area contributed by atoms with Crippen molar-refractivity contribution in [3.63, 3.8) is 0 Å². The summed E-state index contributed by atoms with van der Waals surface area (Å²) < 4.78 is 130. The SMILES string of the molecule is CC(CC(S(=O)(=O)C(F)(F)F)S(=O)(=O)C(F)(F)F)OC(=O)OC12CC3CC(CC(O)(C3)C1)C2. The van der Waals surface area contributed by atoms with Crippen molar-refractivity contribution < 1.29 is 62.6 Å². The fraction of sp³-hybridized carbons (Fsp3) is 0.941. The van der Waals surface area contributed by atoms with E-state index >= 15 is 0 Å². The third-order valence-corrected chi connectivity index (χ3v) is 11.0. The van der Waals surface area contributed by atoms with Crippen LogP contribution in [0.1, 0.15) is 51.9 Å². The summed E-state index contributed by atoms with van der Waals surface area (Å²) >= 11 is 0. The lowest BCUT2D eigenvalue weighted by Crippen LogP contribution is -2.60. The Balaban J connectivity index is 1.74. The molecule has 4 bridgehead atoms. The lowest BCUT2D eigenvalue weighted by atomic mass is 9.52. The molecule has 4 aliphatic carbocycles. The van der Waals surface area contributed by atoms with Crippen molar-refractivity contribution in [2.24, 2.45) is 11.8 Å². The van der Waals surface area contributed by atoms with E-state index in [0.29, 0.717) is 25.7 Å². The number of hydrogen-bond donors (Lipinski definition) is 1. The third-order valence-electron chi connectivity index (χ3n) is 6.44. The Morgan fingerprint density at radius 3 is 1.82 bits per heavy atom. The van der Waals surface area contributed by atoms with E-state index in [4.69, 9.17) is 4.74 Å². The fourth-order valence-corrected chi connectivity index (χ4v) is 9.29. The molecule has 0 aromatic rings. The van der Waals surface area contributed by atoms with Crippen LogP contribution in [0.4, 0.5) is 31.1 Å². The summed E-state index contributed by atoms with van der Waals surface area (Å²) in [6.07, 6.45) is -2.57. The molecule has 4 fully saturated rings. The van der Waals surface area contributed by atoms with Gasteiger partial charge in [0.2, 0.25) is 0 Å². The summed E-state index contributed by atoms with van der Waals surface area (Å²) in [7, 11) is -13.7. The van der Waals surface area contributed by atoms with Gasteiger partial charge in [0.15, 0.2) is 4.58 Å². The Morgan fingerprint density at radius 2 is 1.42 bits per heavy atom. The molecule has 0 heterocycles. The van der Waals surface area contributed by atoms with E-state index in [-0.39, 0.29) is 18.3 Å². The maximum absolute atomic E-state index is 12.9. The number of aliphatic hydroxyl groups is 1. The van der Waals surface area contributed by atoms with E-state index in [1.54, 1.807) is 0 Å². The van der Waals surface area contributed by atoms with Crippen molar-refractivity contribution in [1.82, 2.24) is 0 Å². The maximum Gasteiger partial charge on any atom is 0.509 e. The molecule has 0 aromatic heterocycles. The second-order valence-electron chi connectivity index (χ2n) is 9.30. The molecule has 16 heteroatoms. The summed E-state index contributed by atoms with van der Waals surface area (Å²) in [5.74, 6) is 0.138. The first-order chi connectivity index (χ1) is 14.7. The van der Waals surface area contributed by atoms with Gasteiger partial charge in [0.05, 0.1) is 5.60 Å². The highest BCUT2D eigenvalue weighted by Gasteiger charge is 2.63. The van der Waals surface area contributed by atoms with Crippen LogP contribution in [0.15, 0.2) is 0 Å². The van der Waals surface area contributed by atoms with Crippen LogP contribution >= 0.6 is 0 Å². The van der Waals surface area contributed by atoms with E-state index in [9.17, 15) is 53.1 Å². The first-order valence-corrected chi connectivity index (χ1v) is 13.0. The van der Waals surface area contributed by atoms with E-state index in [2.05, 4.69) is 4.74 Å². The van der Waals surface area contributed by atoms with Gasteiger partial charge in [0, 0.05) is 12.8 Å². The molecular formula is C17H22F6O8S2. The highest BCUT2D eigenvalue weighted by Crippen LogP contribution is 2.59. The average Bonchev–Trinajstić information content (AvgIpc) is 2.54. The Bertz CT molecular complexity index is 946. The second-order valence-corrected chi connectivity index (χ2v) is 13.8. The van der Waals surface area contributed by atoms with Gasteiger partial charge in [-0.25, -0.2) is 21.6 Å². The topological polar surface area (TPSA) is 124 Å². The molecule has 3 atom stereocenters. The smallest absolute Gasteiger partial charge is 0.431 e. The summed E-state index contributed by atoms with van der Waals surface area (Å²) in [6.45, 7) is 0.749. The van der Waals surface area contributed by atoms with Crippen molar-refractivity contribution in [3.8, 4) is 0 Å². The van der Waals surface area contributed by atoms with E-state index in [1.165, 1.54) is 0 Å². The molecule has 0 aromatic carbocycles. The van der Waals surface area contributed by atoms with Crippen LogP contribution in [0.2, 0.25) is 0 Å². The average molecular weight is 532 g/mol. The minimum atomic E-state index is -6.84. The lowest BCUT2D eigenvalue weighted by molar-refractivity contribution is -0.206. The van der Waals surface area contributed by atoms with Gasteiger partial charge in [-0.3, -0.25) is 0 Å². The molecule has 8 nitrogen and oxygen atoms in total. The Labute approximate surface area is 185 Å². The maximum atomic E-state index is 12.9. The summed E-state index contributed by atoms with van der Waals surface area (Å²) in [5.41, 5.74) is -14.8. The van der Waals surface area contributed by atoms with Gasteiger partial charge in [0.1, 0.15) is 11.7 Å². The molecule has 4 saturated carbocycles. The molecule has 0 amide bonds. The van der Waals surface area contributed by atoms with E-state index < -0.39 is 65.2 Å². The summed E-state index contributed by atoms with van der Waals surface area (Å²) in [6, 6.07) is 0. The van der Waals surface area contributed by atoms with Gasteiger partial charge >= 0.3 is 17.2 Å². The van der Waals surface area contributed by atoms with Crippen LogP contribution in [-0.4, -0.2) is 61.0 Å². The molecule has 0 radical (unpaired) electrons. The van der Waals surface area contributed by atoms with Crippen molar-refractivity contribution in [1.29, 1.82) is 0 Å². The molecule has 4 aliphatic rings. The molecule has 4 rings (SSSR count). The first kappa shape index (κ1) is 26.3. The highest BCUT2D eigenvalue weighted by molar-refractivity contribution is 8.09. The number of alkyl halides is 6. The van der Waals surface area contributed by atoms with Crippen LogP contribution in [0.3, 0.4) is 0 Å². The van der Waals surface area contributed by atoms with Gasteiger partial charge in [0.25, 0.3) is 19.7 Å². The highest BCUT2D eigenvalue weighted by atomic mass is 32.3. The first-order valence-electron chi connectivity index (χ1n) is 9.92. The van der Waals surface area contributed by atoms with Crippen LogP contribution < -0.4 is 0 Å². The van der Waals surface area contributed by atoms with Crippen molar-refractivity contribution >= 4 is 25.8 Å². The number of halogens is 6. The van der Waals surface area contributed by atoms with Gasteiger partial charge < -0.3 is 14.6 Å². The Hall–Kier alpha value is -1.29. The molecule has 33 heavy (non-hydrogen) atoms. The largest absolute Gasteiger partial charge is 0.509 e.